The van der Waals surface area contributed by atoms with Gasteiger partial charge < -0.3 is 9.63 Å². The summed E-state index contributed by atoms with van der Waals surface area (Å²) in [5.74, 6) is -1.89. The number of aliphatic hydroxyl groups is 1. The molecule has 0 aliphatic rings. The fraction of sp³-hybridized carbons (Fsp3) is 0.111. The van der Waals surface area contributed by atoms with Crippen molar-refractivity contribution in [1.29, 1.82) is 0 Å². The van der Waals surface area contributed by atoms with Gasteiger partial charge >= 0.3 is 0 Å². The molecule has 0 atom stereocenters. The molecule has 0 saturated carbocycles. The SMILES string of the molecule is OCc1nc(-c2cc(F)c(F)cc2Br)no1. The molecule has 0 radical (unpaired) electrons. The van der Waals surface area contributed by atoms with Crippen LogP contribution in [0, 0.1) is 11.6 Å². The average molecular weight is 291 g/mol. The quantitative estimate of drug-likeness (QED) is 0.862. The van der Waals surface area contributed by atoms with Crippen LogP contribution in [0.25, 0.3) is 11.4 Å². The van der Waals surface area contributed by atoms with E-state index < -0.39 is 18.2 Å². The van der Waals surface area contributed by atoms with Crippen molar-refractivity contribution in [2.24, 2.45) is 0 Å². The maximum absolute atomic E-state index is 13.0. The van der Waals surface area contributed by atoms with Crippen LogP contribution in [0.1, 0.15) is 5.89 Å². The maximum atomic E-state index is 13.0. The van der Waals surface area contributed by atoms with Crippen molar-refractivity contribution >= 4 is 15.9 Å². The first-order chi connectivity index (χ1) is 7.61. The Hall–Kier alpha value is -1.34. The minimum Gasteiger partial charge on any atom is -0.387 e. The van der Waals surface area contributed by atoms with E-state index in [0.717, 1.165) is 12.1 Å². The van der Waals surface area contributed by atoms with Gasteiger partial charge in [0.1, 0.15) is 6.61 Å². The minimum atomic E-state index is -1.01. The summed E-state index contributed by atoms with van der Waals surface area (Å²) in [5.41, 5.74) is 0.252. The number of hydrogen-bond donors (Lipinski definition) is 1. The lowest BCUT2D eigenvalue weighted by Gasteiger charge is -2.00. The molecule has 16 heavy (non-hydrogen) atoms. The first kappa shape index (κ1) is 11.2. The van der Waals surface area contributed by atoms with Crippen LogP contribution in [-0.2, 0) is 6.61 Å². The Balaban J connectivity index is 2.51. The highest BCUT2D eigenvalue weighted by atomic mass is 79.9. The summed E-state index contributed by atoms with van der Waals surface area (Å²) < 4.78 is 30.8. The molecule has 2 aromatic rings. The first-order valence-electron chi connectivity index (χ1n) is 4.20. The lowest BCUT2D eigenvalue weighted by Crippen LogP contribution is -1.90. The molecule has 0 aliphatic carbocycles. The number of aliphatic hydroxyl groups excluding tert-OH is 1. The predicted octanol–water partition coefficient (Wildman–Crippen LogP) is 2.27. The number of benzene rings is 1. The summed E-state index contributed by atoms with van der Waals surface area (Å²) in [4.78, 5) is 3.78. The normalized spacial score (nSPS) is 10.8. The van der Waals surface area contributed by atoms with Gasteiger partial charge in [0.05, 0.1) is 0 Å². The predicted molar refractivity (Wildman–Crippen MR) is 53.3 cm³/mol. The smallest absolute Gasteiger partial charge is 0.252 e. The molecular weight excluding hydrogens is 286 g/mol. The van der Waals surface area contributed by atoms with Gasteiger partial charge in [0.2, 0.25) is 5.82 Å². The third-order valence-electron chi connectivity index (χ3n) is 1.85. The standard InChI is InChI=1S/C9H5BrF2N2O2/c10-5-2-7(12)6(11)1-4(5)9-13-8(3-15)16-14-9/h1-2,15H,3H2. The van der Waals surface area contributed by atoms with Crippen molar-refractivity contribution in [3.05, 3.63) is 34.1 Å². The fourth-order valence-electron chi connectivity index (χ4n) is 1.12. The number of hydrogen-bond acceptors (Lipinski definition) is 4. The van der Waals surface area contributed by atoms with Crippen LogP contribution in [0.5, 0.6) is 0 Å². The first-order valence-corrected chi connectivity index (χ1v) is 4.99. The zero-order chi connectivity index (χ0) is 11.7. The summed E-state index contributed by atoms with van der Waals surface area (Å²) in [5, 5.41) is 12.2. The molecule has 0 saturated heterocycles. The third-order valence-corrected chi connectivity index (χ3v) is 2.51. The van der Waals surface area contributed by atoms with Crippen LogP contribution in [-0.4, -0.2) is 15.2 Å². The molecule has 0 unspecified atom stereocenters. The highest BCUT2D eigenvalue weighted by Gasteiger charge is 2.14. The van der Waals surface area contributed by atoms with Crippen molar-refractivity contribution in [1.82, 2.24) is 10.1 Å². The van der Waals surface area contributed by atoms with Crippen LogP contribution < -0.4 is 0 Å². The summed E-state index contributed by atoms with van der Waals surface area (Å²) in [6.07, 6.45) is 0. The Morgan fingerprint density at radius 1 is 1.31 bits per heavy atom. The molecule has 1 N–H and O–H groups in total. The van der Waals surface area contributed by atoms with Crippen LogP contribution in [0.4, 0.5) is 8.78 Å². The highest BCUT2D eigenvalue weighted by Crippen LogP contribution is 2.28. The molecule has 0 bridgehead atoms. The Bertz CT molecular complexity index is 530. The highest BCUT2D eigenvalue weighted by molar-refractivity contribution is 9.10. The fourth-order valence-corrected chi connectivity index (χ4v) is 1.62. The lowest BCUT2D eigenvalue weighted by molar-refractivity contribution is 0.222. The second kappa shape index (κ2) is 4.26. The molecule has 0 aliphatic heterocycles. The van der Waals surface area contributed by atoms with E-state index in [4.69, 9.17) is 5.11 Å². The topological polar surface area (TPSA) is 59.2 Å². The molecule has 7 heteroatoms. The molecule has 2 rings (SSSR count). The number of halogens is 3. The van der Waals surface area contributed by atoms with E-state index >= 15 is 0 Å². The maximum Gasteiger partial charge on any atom is 0.252 e. The van der Waals surface area contributed by atoms with Crippen molar-refractivity contribution in [3.63, 3.8) is 0 Å². The van der Waals surface area contributed by atoms with Gasteiger partial charge in [0.15, 0.2) is 11.6 Å². The number of aromatic nitrogens is 2. The summed E-state index contributed by atoms with van der Waals surface area (Å²) in [6, 6.07) is 1.92. The summed E-state index contributed by atoms with van der Waals surface area (Å²) >= 11 is 3.06. The van der Waals surface area contributed by atoms with Crippen molar-refractivity contribution < 1.29 is 18.4 Å². The minimum absolute atomic E-state index is 0.00614. The molecule has 1 aromatic carbocycles. The monoisotopic (exact) mass is 290 g/mol. The van der Waals surface area contributed by atoms with Gasteiger partial charge in [-0.15, -0.1) is 0 Å². The van der Waals surface area contributed by atoms with E-state index in [1.165, 1.54) is 0 Å². The largest absolute Gasteiger partial charge is 0.387 e. The molecule has 0 fully saturated rings. The van der Waals surface area contributed by atoms with E-state index in [9.17, 15) is 8.78 Å². The average Bonchev–Trinajstić information content (AvgIpc) is 2.71. The lowest BCUT2D eigenvalue weighted by atomic mass is 10.2. The Labute approximate surface area is 97.0 Å². The second-order valence-electron chi connectivity index (χ2n) is 2.92. The zero-order valence-corrected chi connectivity index (χ0v) is 9.33. The van der Waals surface area contributed by atoms with Crippen LogP contribution in [0.3, 0.4) is 0 Å². The Morgan fingerprint density at radius 2 is 2.00 bits per heavy atom. The summed E-state index contributed by atoms with van der Waals surface area (Å²) in [6.45, 7) is -0.408. The molecule has 0 amide bonds. The zero-order valence-electron chi connectivity index (χ0n) is 7.75. The van der Waals surface area contributed by atoms with E-state index in [1.807, 2.05) is 0 Å². The van der Waals surface area contributed by atoms with Crippen molar-refractivity contribution in [3.8, 4) is 11.4 Å². The van der Waals surface area contributed by atoms with Gasteiger partial charge in [-0.25, -0.2) is 8.78 Å². The van der Waals surface area contributed by atoms with Crippen LogP contribution >= 0.6 is 15.9 Å². The Morgan fingerprint density at radius 3 is 2.62 bits per heavy atom. The van der Waals surface area contributed by atoms with Crippen molar-refractivity contribution in [2.45, 2.75) is 6.61 Å². The van der Waals surface area contributed by atoms with Gasteiger partial charge in [0.25, 0.3) is 5.89 Å². The molecular formula is C9H5BrF2N2O2. The second-order valence-corrected chi connectivity index (χ2v) is 3.77. The van der Waals surface area contributed by atoms with Gasteiger partial charge in [-0.2, -0.15) is 4.98 Å². The summed E-state index contributed by atoms with van der Waals surface area (Å²) in [7, 11) is 0. The third kappa shape index (κ3) is 1.96. The molecule has 1 heterocycles. The molecule has 4 nitrogen and oxygen atoms in total. The molecule has 84 valence electrons. The van der Waals surface area contributed by atoms with Gasteiger partial charge in [-0.05, 0) is 28.1 Å². The Kier molecular flexibility index (Phi) is 2.97. The van der Waals surface area contributed by atoms with E-state index in [1.54, 1.807) is 0 Å². The van der Waals surface area contributed by atoms with Crippen LogP contribution in [0.15, 0.2) is 21.1 Å². The van der Waals surface area contributed by atoms with Crippen LogP contribution in [0.2, 0.25) is 0 Å². The number of rotatable bonds is 2. The van der Waals surface area contributed by atoms with Gasteiger partial charge in [0, 0.05) is 10.0 Å². The molecule has 0 spiro atoms. The van der Waals surface area contributed by atoms with Crippen molar-refractivity contribution in [2.75, 3.05) is 0 Å². The molecule has 1 aromatic heterocycles. The number of nitrogens with zero attached hydrogens (tertiary/aromatic N) is 2. The van der Waals surface area contributed by atoms with Gasteiger partial charge in [-0.3, -0.25) is 0 Å². The van der Waals surface area contributed by atoms with Gasteiger partial charge in [-0.1, -0.05) is 5.16 Å². The van der Waals surface area contributed by atoms with E-state index in [0.29, 0.717) is 4.47 Å². The van der Waals surface area contributed by atoms with E-state index in [-0.39, 0.29) is 17.3 Å². The van der Waals surface area contributed by atoms with E-state index in [2.05, 4.69) is 30.6 Å².